The molecule has 0 saturated heterocycles. The molecule has 1 aromatic rings. The number of aliphatic hydroxyl groups is 1. The van der Waals surface area contributed by atoms with Crippen LogP contribution >= 0.6 is 0 Å². The molecule has 2 aliphatic carbocycles. The van der Waals surface area contributed by atoms with Crippen LogP contribution in [0.15, 0.2) is 24.3 Å². The lowest BCUT2D eigenvalue weighted by Crippen LogP contribution is -2.39. The molecular formula is C14H19NO3S. The third kappa shape index (κ3) is 2.42. The van der Waals surface area contributed by atoms with Crippen LogP contribution in [0.25, 0.3) is 0 Å². The number of sulfonamides is 1. The van der Waals surface area contributed by atoms with Crippen LogP contribution in [0.4, 0.5) is 0 Å². The molecule has 19 heavy (non-hydrogen) atoms. The molecule has 1 saturated carbocycles. The van der Waals surface area contributed by atoms with Crippen LogP contribution in [-0.2, 0) is 16.4 Å². The number of aliphatic hydroxyl groups excluding tert-OH is 1. The van der Waals surface area contributed by atoms with Gasteiger partial charge in [0.25, 0.3) is 0 Å². The van der Waals surface area contributed by atoms with Crippen molar-refractivity contribution in [2.45, 2.75) is 49.5 Å². The fourth-order valence-corrected chi connectivity index (χ4v) is 4.97. The standard InChI is InChI=1S/C14H19NO3S/c16-13-9-10-5-1-4-8-12(10)14(13)15-19(17,18)11-6-2-3-7-11/h1,4-5,8,11,13-16H,2-3,6-7,9H2. The van der Waals surface area contributed by atoms with Crippen molar-refractivity contribution < 1.29 is 13.5 Å². The maximum absolute atomic E-state index is 12.3. The van der Waals surface area contributed by atoms with Crippen LogP contribution < -0.4 is 4.72 Å². The van der Waals surface area contributed by atoms with Gasteiger partial charge >= 0.3 is 0 Å². The van der Waals surface area contributed by atoms with Gasteiger partial charge in [-0.3, -0.25) is 0 Å². The van der Waals surface area contributed by atoms with Gasteiger partial charge in [0.2, 0.25) is 10.0 Å². The van der Waals surface area contributed by atoms with Crippen molar-refractivity contribution in [3.05, 3.63) is 35.4 Å². The highest BCUT2D eigenvalue weighted by atomic mass is 32.2. The predicted octanol–water partition coefficient (Wildman–Crippen LogP) is 1.51. The highest BCUT2D eigenvalue weighted by Crippen LogP contribution is 2.33. The molecule has 2 N–H and O–H groups in total. The predicted molar refractivity (Wildman–Crippen MR) is 73.2 cm³/mol. The summed E-state index contributed by atoms with van der Waals surface area (Å²) in [4.78, 5) is 0. The number of nitrogens with one attached hydrogen (secondary N) is 1. The second-order valence-electron chi connectivity index (χ2n) is 5.52. The summed E-state index contributed by atoms with van der Waals surface area (Å²) in [5.74, 6) is 0. The highest BCUT2D eigenvalue weighted by molar-refractivity contribution is 7.90. The van der Waals surface area contributed by atoms with Gasteiger partial charge in [-0.05, 0) is 24.0 Å². The van der Waals surface area contributed by atoms with E-state index in [2.05, 4.69) is 4.72 Å². The van der Waals surface area contributed by atoms with E-state index in [9.17, 15) is 13.5 Å². The Hall–Kier alpha value is -0.910. The summed E-state index contributed by atoms with van der Waals surface area (Å²) in [6.07, 6.45) is 3.30. The molecule has 2 aliphatic rings. The average molecular weight is 281 g/mol. The lowest BCUT2D eigenvalue weighted by Gasteiger charge is -2.20. The third-order valence-electron chi connectivity index (χ3n) is 4.24. The van der Waals surface area contributed by atoms with E-state index < -0.39 is 22.2 Å². The van der Waals surface area contributed by atoms with Gasteiger partial charge in [-0.2, -0.15) is 0 Å². The Balaban J connectivity index is 1.83. The number of benzene rings is 1. The molecular weight excluding hydrogens is 262 g/mol. The molecule has 0 bridgehead atoms. The Kier molecular flexibility index (Phi) is 3.37. The van der Waals surface area contributed by atoms with E-state index in [-0.39, 0.29) is 5.25 Å². The largest absolute Gasteiger partial charge is 0.391 e. The van der Waals surface area contributed by atoms with Crippen molar-refractivity contribution >= 4 is 10.0 Å². The maximum atomic E-state index is 12.3. The lowest BCUT2D eigenvalue weighted by atomic mass is 10.1. The zero-order valence-electron chi connectivity index (χ0n) is 10.7. The molecule has 3 rings (SSSR count). The van der Waals surface area contributed by atoms with E-state index in [1.165, 1.54) is 0 Å². The molecule has 0 radical (unpaired) electrons. The summed E-state index contributed by atoms with van der Waals surface area (Å²) in [6, 6.07) is 7.16. The van der Waals surface area contributed by atoms with Gasteiger partial charge in [-0.1, -0.05) is 37.1 Å². The van der Waals surface area contributed by atoms with Gasteiger partial charge in [0.1, 0.15) is 0 Å². The highest BCUT2D eigenvalue weighted by Gasteiger charge is 2.37. The SMILES string of the molecule is O=S(=O)(NC1c2ccccc2CC1O)C1CCCC1. The van der Waals surface area contributed by atoms with Gasteiger partial charge in [-0.15, -0.1) is 0 Å². The van der Waals surface area contributed by atoms with Crippen molar-refractivity contribution in [3.63, 3.8) is 0 Å². The molecule has 2 atom stereocenters. The van der Waals surface area contributed by atoms with Crippen LogP contribution in [-0.4, -0.2) is 24.9 Å². The maximum Gasteiger partial charge on any atom is 0.215 e. The van der Waals surface area contributed by atoms with Crippen LogP contribution in [0, 0.1) is 0 Å². The molecule has 1 aromatic carbocycles. The van der Waals surface area contributed by atoms with Crippen LogP contribution in [0.1, 0.15) is 42.9 Å². The van der Waals surface area contributed by atoms with E-state index in [1.807, 2.05) is 24.3 Å². The average Bonchev–Trinajstić information content (AvgIpc) is 2.99. The summed E-state index contributed by atoms with van der Waals surface area (Å²) in [5.41, 5.74) is 1.95. The van der Waals surface area contributed by atoms with Crippen LogP contribution in [0.3, 0.4) is 0 Å². The zero-order valence-corrected chi connectivity index (χ0v) is 11.6. The Morgan fingerprint density at radius 3 is 2.58 bits per heavy atom. The third-order valence-corrected chi connectivity index (χ3v) is 6.17. The zero-order chi connectivity index (χ0) is 13.5. The van der Waals surface area contributed by atoms with E-state index >= 15 is 0 Å². The van der Waals surface area contributed by atoms with Crippen molar-refractivity contribution in [2.24, 2.45) is 0 Å². The van der Waals surface area contributed by atoms with Gasteiger partial charge in [0, 0.05) is 6.42 Å². The lowest BCUT2D eigenvalue weighted by molar-refractivity contribution is 0.151. The second-order valence-corrected chi connectivity index (χ2v) is 7.51. The molecule has 1 fully saturated rings. The normalized spacial score (nSPS) is 27.6. The number of fused-ring (bicyclic) bond motifs is 1. The molecule has 2 unspecified atom stereocenters. The van der Waals surface area contributed by atoms with E-state index in [4.69, 9.17) is 0 Å². The number of rotatable bonds is 3. The summed E-state index contributed by atoms with van der Waals surface area (Å²) in [5, 5.41) is 9.80. The van der Waals surface area contributed by atoms with Gasteiger partial charge in [-0.25, -0.2) is 13.1 Å². The van der Waals surface area contributed by atoms with Gasteiger partial charge in [0.15, 0.2) is 0 Å². The van der Waals surface area contributed by atoms with E-state index in [0.717, 1.165) is 36.8 Å². The molecule has 4 nitrogen and oxygen atoms in total. The number of hydrogen-bond donors (Lipinski definition) is 2. The van der Waals surface area contributed by atoms with Gasteiger partial charge < -0.3 is 5.11 Å². The first-order chi connectivity index (χ1) is 9.08. The molecule has 0 aromatic heterocycles. The first-order valence-corrected chi connectivity index (χ1v) is 8.39. The van der Waals surface area contributed by atoms with E-state index in [0.29, 0.717) is 6.42 Å². The second kappa shape index (κ2) is 4.89. The summed E-state index contributed by atoms with van der Waals surface area (Å²) in [6.45, 7) is 0. The Bertz CT molecular complexity index is 564. The molecule has 0 spiro atoms. The summed E-state index contributed by atoms with van der Waals surface area (Å²) >= 11 is 0. The number of hydrogen-bond acceptors (Lipinski definition) is 3. The topological polar surface area (TPSA) is 66.4 Å². The van der Waals surface area contributed by atoms with E-state index in [1.54, 1.807) is 0 Å². The molecule has 0 heterocycles. The van der Waals surface area contributed by atoms with Crippen molar-refractivity contribution in [3.8, 4) is 0 Å². The minimum absolute atomic E-state index is 0.285. The van der Waals surface area contributed by atoms with Crippen molar-refractivity contribution in [1.82, 2.24) is 4.72 Å². The van der Waals surface area contributed by atoms with Crippen molar-refractivity contribution in [1.29, 1.82) is 0 Å². The summed E-state index contributed by atoms with van der Waals surface area (Å²) in [7, 11) is -3.33. The van der Waals surface area contributed by atoms with Crippen LogP contribution in [0.5, 0.6) is 0 Å². The Morgan fingerprint density at radius 1 is 1.16 bits per heavy atom. The Labute approximate surface area is 113 Å². The first kappa shape index (κ1) is 13.1. The Morgan fingerprint density at radius 2 is 1.84 bits per heavy atom. The molecule has 0 amide bonds. The fraction of sp³-hybridized carbons (Fsp3) is 0.571. The minimum atomic E-state index is -3.33. The fourth-order valence-electron chi connectivity index (χ4n) is 3.19. The summed E-state index contributed by atoms with van der Waals surface area (Å²) < 4.78 is 27.4. The van der Waals surface area contributed by atoms with Gasteiger partial charge in [0.05, 0.1) is 17.4 Å². The van der Waals surface area contributed by atoms with Crippen LogP contribution in [0.2, 0.25) is 0 Å². The molecule has 0 aliphatic heterocycles. The smallest absolute Gasteiger partial charge is 0.215 e. The van der Waals surface area contributed by atoms with Crippen molar-refractivity contribution in [2.75, 3.05) is 0 Å². The minimum Gasteiger partial charge on any atom is -0.391 e. The monoisotopic (exact) mass is 281 g/mol. The first-order valence-electron chi connectivity index (χ1n) is 6.85. The quantitative estimate of drug-likeness (QED) is 0.882. The molecule has 104 valence electrons. The molecule has 5 heteroatoms.